The van der Waals surface area contributed by atoms with Crippen molar-refractivity contribution in [3.05, 3.63) is 0 Å². The van der Waals surface area contributed by atoms with E-state index in [1.807, 2.05) is 0 Å². The molecule has 0 spiro atoms. The van der Waals surface area contributed by atoms with Crippen LogP contribution in [0.5, 0.6) is 0 Å². The molecule has 0 aromatic rings. The molecule has 2 saturated heterocycles. The van der Waals surface area contributed by atoms with Gasteiger partial charge in [0.05, 0.1) is 6.54 Å². The molecule has 6 heteroatoms. The van der Waals surface area contributed by atoms with Gasteiger partial charge in [0.15, 0.2) is 0 Å². The molecule has 0 bridgehead atoms. The third-order valence-corrected chi connectivity index (χ3v) is 2.02. The van der Waals surface area contributed by atoms with Crippen molar-refractivity contribution in [3.8, 4) is 0 Å². The molecular formula is C14H30N2O3S. The lowest BCUT2D eigenvalue weighted by Crippen LogP contribution is -2.11. The van der Waals surface area contributed by atoms with E-state index < -0.39 is 0 Å². The van der Waals surface area contributed by atoms with E-state index in [-0.39, 0.29) is 11.3 Å². The zero-order chi connectivity index (χ0) is 16.0. The van der Waals surface area contributed by atoms with Gasteiger partial charge in [-0.1, -0.05) is 53.3 Å². The van der Waals surface area contributed by atoms with Gasteiger partial charge in [-0.15, -0.1) is 0 Å². The van der Waals surface area contributed by atoms with E-state index in [0.29, 0.717) is 13.2 Å². The van der Waals surface area contributed by atoms with E-state index in [9.17, 15) is 9.59 Å². The van der Waals surface area contributed by atoms with Gasteiger partial charge in [0.1, 0.15) is 6.61 Å². The number of alkyl carbamates (subject to hydrolysis) is 1. The highest BCUT2D eigenvalue weighted by Gasteiger charge is 2.06. The van der Waals surface area contributed by atoms with Gasteiger partial charge in [0.2, 0.25) is 0 Å². The topological polar surface area (TPSA) is 67.4 Å². The molecular weight excluding hydrogens is 276 g/mol. The van der Waals surface area contributed by atoms with Crippen molar-refractivity contribution in [2.45, 2.75) is 41.5 Å². The Bertz CT molecular complexity index is 211. The normalized spacial score (nSPS) is 15.8. The first-order valence-corrected chi connectivity index (χ1v) is 8.05. The van der Waals surface area contributed by atoms with Crippen molar-refractivity contribution >= 4 is 23.1 Å². The van der Waals surface area contributed by atoms with Gasteiger partial charge in [0, 0.05) is 12.3 Å². The second-order valence-electron chi connectivity index (χ2n) is 5.59. The molecule has 0 aliphatic carbocycles. The lowest BCUT2D eigenvalue weighted by molar-refractivity contribution is 0.178. The molecule has 0 unspecified atom stereocenters. The Morgan fingerprint density at radius 1 is 0.950 bits per heavy atom. The molecule has 2 aliphatic rings. The number of hydrogen-bond donors (Lipinski definition) is 2. The fourth-order valence-electron chi connectivity index (χ4n) is 0.696. The molecule has 2 heterocycles. The second-order valence-corrected chi connectivity index (χ2v) is 6.66. The Morgan fingerprint density at radius 3 is 1.55 bits per heavy atom. The number of thioether (sulfide) groups is 1. The Labute approximate surface area is 127 Å². The van der Waals surface area contributed by atoms with Crippen molar-refractivity contribution in [3.63, 3.8) is 0 Å². The van der Waals surface area contributed by atoms with E-state index in [1.54, 1.807) is 0 Å². The highest BCUT2D eigenvalue weighted by Crippen LogP contribution is 2.04. The molecule has 2 fully saturated rings. The smallest absolute Gasteiger partial charge is 0.407 e. The number of rotatable bonds is 0. The summed E-state index contributed by atoms with van der Waals surface area (Å²) in [6.45, 7) is 15.0. The third-order valence-electron chi connectivity index (χ3n) is 1.21. The number of nitrogens with one attached hydrogen (secondary N) is 2. The minimum Gasteiger partial charge on any atom is -0.448 e. The minimum absolute atomic E-state index is 0.120. The molecule has 2 aliphatic heterocycles. The number of amides is 2. The van der Waals surface area contributed by atoms with Gasteiger partial charge in [0.25, 0.3) is 5.24 Å². The highest BCUT2D eigenvalue weighted by atomic mass is 32.2. The van der Waals surface area contributed by atoms with Crippen LogP contribution in [0.25, 0.3) is 0 Å². The van der Waals surface area contributed by atoms with E-state index in [1.165, 1.54) is 11.8 Å². The van der Waals surface area contributed by atoms with Crippen LogP contribution in [-0.4, -0.2) is 36.8 Å². The van der Waals surface area contributed by atoms with Gasteiger partial charge in [-0.3, -0.25) is 4.79 Å². The minimum atomic E-state index is -0.296. The van der Waals surface area contributed by atoms with Gasteiger partial charge >= 0.3 is 6.09 Å². The van der Waals surface area contributed by atoms with Crippen LogP contribution in [0, 0.1) is 11.8 Å². The summed E-state index contributed by atoms with van der Waals surface area (Å²) < 4.78 is 4.40. The predicted octanol–water partition coefficient (Wildman–Crippen LogP) is 3.49. The lowest BCUT2D eigenvalue weighted by atomic mass is 10.3. The molecule has 0 aromatic heterocycles. The Hall–Kier alpha value is -0.910. The van der Waals surface area contributed by atoms with E-state index in [2.05, 4.69) is 56.9 Å². The Balaban J connectivity index is 0. The first kappa shape index (κ1) is 21.4. The van der Waals surface area contributed by atoms with Crippen LogP contribution in [-0.2, 0) is 4.74 Å². The molecule has 2 rings (SSSR count). The summed E-state index contributed by atoms with van der Waals surface area (Å²) >= 11 is 1.35. The quantitative estimate of drug-likeness (QED) is 0.719. The fraction of sp³-hybridized carbons (Fsp3) is 0.857. The molecule has 0 aromatic carbocycles. The number of carbonyl (C=O) groups excluding carboxylic acids is 2. The summed E-state index contributed by atoms with van der Waals surface area (Å²) in [5.41, 5.74) is 0. The van der Waals surface area contributed by atoms with Gasteiger partial charge < -0.3 is 15.4 Å². The number of cyclic esters (lactones) is 1. The molecule has 2 N–H and O–H groups in total. The van der Waals surface area contributed by atoms with Crippen LogP contribution in [0.4, 0.5) is 9.59 Å². The van der Waals surface area contributed by atoms with Gasteiger partial charge in [-0.2, -0.15) is 0 Å². The summed E-state index contributed by atoms with van der Waals surface area (Å²) in [5.74, 6) is 2.61. The summed E-state index contributed by atoms with van der Waals surface area (Å²) in [4.78, 5) is 20.0. The van der Waals surface area contributed by atoms with Crippen molar-refractivity contribution in [2.75, 3.05) is 25.4 Å². The molecule has 0 radical (unpaired) electrons. The first-order chi connectivity index (χ1) is 9.25. The third kappa shape index (κ3) is 25.8. The molecule has 0 saturated carbocycles. The van der Waals surface area contributed by atoms with Crippen LogP contribution < -0.4 is 10.6 Å². The fourth-order valence-corrected chi connectivity index (χ4v) is 1.29. The van der Waals surface area contributed by atoms with E-state index in [0.717, 1.165) is 24.1 Å². The summed E-state index contributed by atoms with van der Waals surface area (Å²) in [6, 6.07) is 0. The lowest BCUT2D eigenvalue weighted by Gasteiger charge is -1.80. The summed E-state index contributed by atoms with van der Waals surface area (Å²) in [5, 5.41) is 5.22. The Morgan fingerprint density at radius 2 is 1.45 bits per heavy atom. The average Bonchev–Trinajstić information content (AvgIpc) is 2.91. The molecule has 0 atom stereocenters. The predicted molar refractivity (Wildman–Crippen MR) is 86.2 cm³/mol. The van der Waals surface area contributed by atoms with Crippen LogP contribution in [0.15, 0.2) is 0 Å². The molecule has 120 valence electrons. The maximum Gasteiger partial charge on any atom is 0.407 e. The van der Waals surface area contributed by atoms with Crippen LogP contribution in [0.1, 0.15) is 41.5 Å². The number of carbonyl (C=O) groups is 2. The van der Waals surface area contributed by atoms with Crippen LogP contribution >= 0.6 is 11.8 Å². The SMILES string of the molecule is CC(C)C.CC(C)C.O=C1NCCO1.O=C1NCCS1. The number of hydrogen-bond acceptors (Lipinski definition) is 4. The Kier molecular flexibility index (Phi) is 15.5. The molecule has 20 heavy (non-hydrogen) atoms. The number of ether oxygens (including phenoxy) is 1. The van der Waals surface area contributed by atoms with Crippen LogP contribution in [0.2, 0.25) is 0 Å². The van der Waals surface area contributed by atoms with Crippen molar-refractivity contribution < 1.29 is 14.3 Å². The van der Waals surface area contributed by atoms with Crippen molar-refractivity contribution in [1.29, 1.82) is 0 Å². The second kappa shape index (κ2) is 14.5. The molecule has 2 amide bonds. The summed E-state index contributed by atoms with van der Waals surface area (Å²) in [7, 11) is 0. The van der Waals surface area contributed by atoms with Crippen LogP contribution in [0.3, 0.4) is 0 Å². The van der Waals surface area contributed by atoms with Gasteiger partial charge in [-0.05, 0) is 11.8 Å². The maximum atomic E-state index is 10.1. The monoisotopic (exact) mass is 306 g/mol. The standard InChI is InChI=1S/2C4H10.C3H5NO2.C3H5NOS/c2*1-4(2)3;2*5-3-4-1-2-6-3/h2*4H,1-3H3;2*1-2H2,(H,4,5). The molecule has 5 nitrogen and oxygen atoms in total. The zero-order valence-corrected chi connectivity index (χ0v) is 14.4. The highest BCUT2D eigenvalue weighted by molar-refractivity contribution is 8.13. The van der Waals surface area contributed by atoms with E-state index >= 15 is 0 Å². The van der Waals surface area contributed by atoms with E-state index in [4.69, 9.17) is 0 Å². The summed E-state index contributed by atoms with van der Waals surface area (Å²) in [6.07, 6.45) is -0.296. The van der Waals surface area contributed by atoms with Crippen molar-refractivity contribution in [2.24, 2.45) is 11.8 Å². The van der Waals surface area contributed by atoms with Crippen molar-refractivity contribution in [1.82, 2.24) is 10.6 Å². The largest absolute Gasteiger partial charge is 0.448 e. The maximum absolute atomic E-state index is 10.1. The first-order valence-electron chi connectivity index (χ1n) is 7.07. The average molecular weight is 306 g/mol. The zero-order valence-electron chi connectivity index (χ0n) is 13.6. The van der Waals surface area contributed by atoms with Gasteiger partial charge in [-0.25, -0.2) is 4.79 Å².